The van der Waals surface area contributed by atoms with E-state index in [0.717, 1.165) is 12.8 Å². The second-order valence-electron chi connectivity index (χ2n) is 2.20. The zero-order chi connectivity index (χ0) is 7.07. The normalized spacial score (nSPS) is 24.0. The van der Waals surface area contributed by atoms with Gasteiger partial charge in [0.15, 0.2) is 0 Å². The molecule has 0 saturated heterocycles. The fourth-order valence-electron chi connectivity index (χ4n) is 0.799. The summed E-state index contributed by atoms with van der Waals surface area (Å²) >= 11 is 0. The molecule has 0 unspecified atom stereocenters. The lowest BCUT2D eigenvalue weighted by Gasteiger charge is -1.85. The van der Waals surface area contributed by atoms with Crippen LogP contribution in [0.1, 0.15) is 12.8 Å². The quantitative estimate of drug-likeness (QED) is 0.475. The van der Waals surface area contributed by atoms with Crippen LogP contribution in [-0.2, 0) is 0 Å². The molecule has 0 aromatic carbocycles. The van der Waals surface area contributed by atoms with E-state index >= 15 is 0 Å². The summed E-state index contributed by atoms with van der Waals surface area (Å²) in [5, 5.41) is 0. The molecule has 0 fully saturated rings. The molecule has 0 aromatic rings. The maximum absolute atomic E-state index is 2.18. The maximum Gasteiger partial charge on any atom is -0.0313 e. The van der Waals surface area contributed by atoms with E-state index in [1.807, 2.05) is 12.2 Å². The van der Waals surface area contributed by atoms with Crippen molar-refractivity contribution >= 4 is 0 Å². The average Bonchev–Trinajstić information content (AvgIpc) is 2.01. The largest absolute Gasteiger partial charge is 0.0842 e. The van der Waals surface area contributed by atoms with Gasteiger partial charge in [-0.2, -0.15) is 0 Å². The van der Waals surface area contributed by atoms with E-state index in [9.17, 15) is 0 Å². The zero-order valence-electron chi connectivity index (χ0n) is 6.03. The van der Waals surface area contributed by atoms with Gasteiger partial charge in [0.1, 0.15) is 0 Å². The lowest BCUT2D eigenvalue weighted by atomic mass is 10.2. The monoisotopic (exact) mass is 132 g/mol. The van der Waals surface area contributed by atoms with Crippen LogP contribution in [0, 0.1) is 0 Å². The lowest BCUT2D eigenvalue weighted by molar-refractivity contribution is 1.05. The van der Waals surface area contributed by atoms with Crippen LogP contribution in [0.3, 0.4) is 0 Å². The van der Waals surface area contributed by atoms with Crippen molar-refractivity contribution in [1.82, 2.24) is 0 Å². The van der Waals surface area contributed by atoms with Crippen LogP contribution in [0.25, 0.3) is 0 Å². The molecule has 0 N–H and O–H groups in total. The SMILES string of the molecule is C1=C/C=C/C=C\CCC=C1. The first-order valence-corrected chi connectivity index (χ1v) is 3.65. The van der Waals surface area contributed by atoms with Crippen LogP contribution in [0.4, 0.5) is 0 Å². The minimum absolute atomic E-state index is 1.15. The summed E-state index contributed by atoms with van der Waals surface area (Å²) in [7, 11) is 0. The van der Waals surface area contributed by atoms with E-state index in [1.165, 1.54) is 0 Å². The summed E-state index contributed by atoms with van der Waals surface area (Å²) in [6.07, 6.45) is 19.0. The maximum atomic E-state index is 2.18. The van der Waals surface area contributed by atoms with Crippen LogP contribution < -0.4 is 0 Å². The van der Waals surface area contributed by atoms with Gasteiger partial charge in [0.05, 0.1) is 0 Å². The van der Waals surface area contributed by atoms with Gasteiger partial charge in [-0.3, -0.25) is 0 Å². The summed E-state index contributed by atoms with van der Waals surface area (Å²) in [4.78, 5) is 0. The van der Waals surface area contributed by atoms with Gasteiger partial charge in [-0.05, 0) is 12.8 Å². The third kappa shape index (κ3) is 3.08. The highest BCUT2D eigenvalue weighted by molar-refractivity contribution is 5.16. The van der Waals surface area contributed by atoms with Crippen molar-refractivity contribution in [3.8, 4) is 0 Å². The molecular weight excluding hydrogens is 120 g/mol. The van der Waals surface area contributed by atoms with E-state index in [1.54, 1.807) is 0 Å². The predicted octanol–water partition coefficient (Wildman–Crippen LogP) is 3.01. The molecule has 1 aliphatic carbocycles. The molecule has 1 aliphatic rings. The van der Waals surface area contributed by atoms with Gasteiger partial charge in [-0.1, -0.05) is 48.6 Å². The first kappa shape index (κ1) is 7.07. The van der Waals surface area contributed by atoms with Crippen molar-refractivity contribution in [3.05, 3.63) is 48.6 Å². The number of hydrogen-bond acceptors (Lipinski definition) is 0. The predicted molar refractivity (Wildman–Crippen MR) is 45.8 cm³/mol. The number of hydrogen-bond donors (Lipinski definition) is 0. The van der Waals surface area contributed by atoms with Crippen LogP contribution >= 0.6 is 0 Å². The highest BCUT2D eigenvalue weighted by atomic mass is 13.8. The molecule has 0 radical (unpaired) electrons. The van der Waals surface area contributed by atoms with Crippen molar-refractivity contribution in [3.63, 3.8) is 0 Å². The van der Waals surface area contributed by atoms with Crippen molar-refractivity contribution in [1.29, 1.82) is 0 Å². The molecule has 0 bridgehead atoms. The van der Waals surface area contributed by atoms with Crippen LogP contribution in [0.2, 0.25) is 0 Å². The summed E-state index contributed by atoms with van der Waals surface area (Å²) in [6.45, 7) is 0. The zero-order valence-corrected chi connectivity index (χ0v) is 6.03. The molecule has 1 rings (SSSR count). The van der Waals surface area contributed by atoms with E-state index in [2.05, 4.69) is 36.5 Å². The summed E-state index contributed by atoms with van der Waals surface area (Å²) < 4.78 is 0. The van der Waals surface area contributed by atoms with Crippen LogP contribution in [0.15, 0.2) is 48.6 Å². The van der Waals surface area contributed by atoms with Gasteiger partial charge in [0.25, 0.3) is 0 Å². The molecule has 0 nitrogen and oxygen atoms in total. The summed E-state index contributed by atoms with van der Waals surface area (Å²) in [5.74, 6) is 0. The first-order chi connectivity index (χ1) is 5.00. The third-order valence-corrected chi connectivity index (χ3v) is 1.33. The lowest BCUT2D eigenvalue weighted by Crippen LogP contribution is -1.64. The Morgan fingerprint density at radius 3 is 1.40 bits per heavy atom. The molecule has 0 atom stereocenters. The van der Waals surface area contributed by atoms with Gasteiger partial charge in [-0.15, -0.1) is 0 Å². The van der Waals surface area contributed by atoms with Crippen molar-refractivity contribution in [2.75, 3.05) is 0 Å². The van der Waals surface area contributed by atoms with Gasteiger partial charge < -0.3 is 0 Å². The third-order valence-electron chi connectivity index (χ3n) is 1.33. The molecule has 0 heterocycles. The number of rotatable bonds is 0. The fourth-order valence-corrected chi connectivity index (χ4v) is 0.799. The molecule has 0 spiro atoms. The first-order valence-electron chi connectivity index (χ1n) is 3.65. The Bertz CT molecular complexity index is 158. The van der Waals surface area contributed by atoms with Gasteiger partial charge in [0.2, 0.25) is 0 Å². The average molecular weight is 132 g/mol. The molecular formula is C10H12. The van der Waals surface area contributed by atoms with Gasteiger partial charge >= 0.3 is 0 Å². The topological polar surface area (TPSA) is 0 Å². The molecule has 10 heavy (non-hydrogen) atoms. The second kappa shape index (κ2) is 4.80. The second-order valence-corrected chi connectivity index (χ2v) is 2.20. The molecule has 0 heteroatoms. The Morgan fingerprint density at radius 1 is 0.500 bits per heavy atom. The molecule has 0 saturated carbocycles. The Morgan fingerprint density at radius 2 is 0.900 bits per heavy atom. The summed E-state index contributed by atoms with van der Waals surface area (Å²) in [6, 6.07) is 0. The van der Waals surface area contributed by atoms with Crippen LogP contribution in [0.5, 0.6) is 0 Å². The van der Waals surface area contributed by atoms with E-state index in [-0.39, 0.29) is 0 Å². The number of allylic oxidation sites excluding steroid dienone is 8. The minimum atomic E-state index is 1.15. The van der Waals surface area contributed by atoms with Crippen molar-refractivity contribution in [2.45, 2.75) is 12.8 Å². The van der Waals surface area contributed by atoms with Crippen LogP contribution in [-0.4, -0.2) is 0 Å². The molecule has 0 amide bonds. The Labute approximate surface area is 62.3 Å². The van der Waals surface area contributed by atoms with Gasteiger partial charge in [0, 0.05) is 0 Å². The van der Waals surface area contributed by atoms with E-state index < -0.39 is 0 Å². The minimum Gasteiger partial charge on any atom is -0.0842 e. The molecule has 0 aromatic heterocycles. The Balaban J connectivity index is 2.53. The van der Waals surface area contributed by atoms with E-state index in [4.69, 9.17) is 0 Å². The highest BCUT2D eigenvalue weighted by Crippen LogP contribution is 1.95. The van der Waals surface area contributed by atoms with E-state index in [0.29, 0.717) is 0 Å². The summed E-state index contributed by atoms with van der Waals surface area (Å²) in [5.41, 5.74) is 0. The standard InChI is InChI=1S/C10H12/c1-2-4-6-8-10-9-7-5-3-1/h1-8H,9-10H2/b3-1+,4-2?,7-5-,8-6?. The van der Waals surface area contributed by atoms with Crippen molar-refractivity contribution < 1.29 is 0 Å². The van der Waals surface area contributed by atoms with Crippen molar-refractivity contribution in [2.24, 2.45) is 0 Å². The highest BCUT2D eigenvalue weighted by Gasteiger charge is 1.74. The Kier molecular flexibility index (Phi) is 3.40. The van der Waals surface area contributed by atoms with Gasteiger partial charge in [-0.25, -0.2) is 0 Å². The smallest absolute Gasteiger partial charge is 0.0313 e. The Hall–Kier alpha value is -1.04. The fraction of sp³-hybridized carbons (Fsp3) is 0.200. The molecule has 0 aliphatic heterocycles. The molecule has 52 valence electrons.